The van der Waals surface area contributed by atoms with Crippen molar-refractivity contribution < 1.29 is 0 Å². The number of rotatable bonds is 4. The van der Waals surface area contributed by atoms with Crippen LogP contribution in [0.25, 0.3) is 0 Å². The summed E-state index contributed by atoms with van der Waals surface area (Å²) in [6, 6.07) is 4.30. The summed E-state index contributed by atoms with van der Waals surface area (Å²) in [7, 11) is 1.97. The Morgan fingerprint density at radius 3 is 2.81 bits per heavy atom. The van der Waals surface area contributed by atoms with Gasteiger partial charge in [0.2, 0.25) is 0 Å². The lowest BCUT2D eigenvalue weighted by atomic mass is 10.1. The molecular formula is C11H13ClN2S2. The largest absolute Gasteiger partial charge is 0.311 e. The van der Waals surface area contributed by atoms with Crippen molar-refractivity contribution in [1.29, 1.82) is 0 Å². The molecule has 1 atom stereocenters. The molecule has 1 N–H and O–H groups in total. The molecule has 0 bridgehead atoms. The summed E-state index contributed by atoms with van der Waals surface area (Å²) >= 11 is 9.25. The topological polar surface area (TPSA) is 24.9 Å². The van der Waals surface area contributed by atoms with Gasteiger partial charge in [0.1, 0.15) is 0 Å². The van der Waals surface area contributed by atoms with E-state index in [9.17, 15) is 0 Å². The van der Waals surface area contributed by atoms with E-state index in [0.717, 1.165) is 21.5 Å². The molecular weight excluding hydrogens is 260 g/mol. The quantitative estimate of drug-likeness (QED) is 0.919. The van der Waals surface area contributed by atoms with Crippen molar-refractivity contribution in [1.82, 2.24) is 10.3 Å². The van der Waals surface area contributed by atoms with E-state index in [1.807, 2.05) is 20.0 Å². The molecule has 0 aromatic carbocycles. The predicted molar refractivity (Wildman–Crippen MR) is 71.7 cm³/mol. The van der Waals surface area contributed by atoms with Gasteiger partial charge in [-0.15, -0.1) is 22.7 Å². The third-order valence-electron chi connectivity index (χ3n) is 2.38. The van der Waals surface area contributed by atoms with Crippen LogP contribution in [0, 0.1) is 6.92 Å². The Labute approximate surface area is 108 Å². The van der Waals surface area contributed by atoms with Crippen LogP contribution < -0.4 is 5.32 Å². The van der Waals surface area contributed by atoms with Gasteiger partial charge in [-0.1, -0.05) is 11.6 Å². The summed E-state index contributed by atoms with van der Waals surface area (Å²) in [5, 5.41) is 6.52. The highest BCUT2D eigenvalue weighted by Crippen LogP contribution is 2.26. The van der Waals surface area contributed by atoms with Gasteiger partial charge in [-0.3, -0.25) is 0 Å². The Balaban J connectivity index is 2.12. The maximum Gasteiger partial charge on any atom is 0.0931 e. The molecule has 0 aliphatic carbocycles. The van der Waals surface area contributed by atoms with Gasteiger partial charge in [0.05, 0.1) is 21.1 Å². The first kappa shape index (κ1) is 12.0. The SMILES string of the molecule is CNC(Cc1ccc(Cl)s1)c1csc(C)n1. The molecule has 2 nitrogen and oxygen atoms in total. The van der Waals surface area contributed by atoms with Gasteiger partial charge < -0.3 is 5.32 Å². The Hall–Kier alpha value is -0.420. The predicted octanol–water partition coefficient (Wildman–Crippen LogP) is 3.67. The molecule has 0 radical (unpaired) electrons. The van der Waals surface area contributed by atoms with Gasteiger partial charge in [0, 0.05) is 16.7 Å². The smallest absolute Gasteiger partial charge is 0.0931 e. The molecule has 1 unspecified atom stereocenters. The van der Waals surface area contributed by atoms with E-state index in [1.165, 1.54) is 4.88 Å². The Bertz CT molecular complexity index is 464. The average Bonchev–Trinajstić information content (AvgIpc) is 2.84. The summed E-state index contributed by atoms with van der Waals surface area (Å²) in [5.74, 6) is 0. The molecule has 0 fully saturated rings. The highest BCUT2D eigenvalue weighted by Gasteiger charge is 2.14. The van der Waals surface area contributed by atoms with Crippen molar-refractivity contribution >= 4 is 34.3 Å². The van der Waals surface area contributed by atoms with Crippen molar-refractivity contribution in [2.24, 2.45) is 0 Å². The van der Waals surface area contributed by atoms with E-state index >= 15 is 0 Å². The van der Waals surface area contributed by atoms with Crippen LogP contribution >= 0.6 is 34.3 Å². The average molecular weight is 273 g/mol. The first-order valence-corrected chi connectivity index (χ1v) is 7.10. The number of hydrogen-bond donors (Lipinski definition) is 1. The van der Waals surface area contributed by atoms with E-state index < -0.39 is 0 Å². The van der Waals surface area contributed by atoms with Crippen LogP contribution in [-0.4, -0.2) is 12.0 Å². The molecule has 0 aliphatic rings. The molecule has 0 saturated carbocycles. The number of hydrogen-bond acceptors (Lipinski definition) is 4. The second kappa shape index (κ2) is 5.27. The van der Waals surface area contributed by atoms with Crippen molar-refractivity contribution in [3.05, 3.63) is 37.4 Å². The minimum atomic E-state index is 0.277. The first-order chi connectivity index (χ1) is 7.69. The molecule has 2 rings (SSSR count). The van der Waals surface area contributed by atoms with Crippen molar-refractivity contribution in [2.75, 3.05) is 7.05 Å². The number of thiazole rings is 1. The molecule has 2 aromatic heterocycles. The minimum absolute atomic E-state index is 0.277. The standard InChI is InChI=1S/C11H13ClN2S2/c1-7-14-10(6-15-7)9(13-2)5-8-3-4-11(12)16-8/h3-4,6,9,13H,5H2,1-2H3. The molecule has 0 aliphatic heterocycles. The van der Waals surface area contributed by atoms with Gasteiger partial charge in [0.25, 0.3) is 0 Å². The zero-order chi connectivity index (χ0) is 11.5. The fourth-order valence-electron chi connectivity index (χ4n) is 1.56. The second-order valence-electron chi connectivity index (χ2n) is 3.54. The van der Waals surface area contributed by atoms with E-state index in [1.54, 1.807) is 22.7 Å². The van der Waals surface area contributed by atoms with Crippen molar-refractivity contribution in [3.8, 4) is 0 Å². The van der Waals surface area contributed by atoms with Crippen molar-refractivity contribution in [2.45, 2.75) is 19.4 Å². The van der Waals surface area contributed by atoms with Crippen LogP contribution in [0.3, 0.4) is 0 Å². The molecule has 2 aromatic rings. The highest BCUT2D eigenvalue weighted by molar-refractivity contribution is 7.16. The summed E-state index contributed by atoms with van der Waals surface area (Å²) in [4.78, 5) is 5.80. The lowest BCUT2D eigenvalue weighted by molar-refractivity contribution is 0.582. The zero-order valence-electron chi connectivity index (χ0n) is 9.16. The number of likely N-dealkylation sites (N-methyl/N-ethyl adjacent to an activating group) is 1. The summed E-state index contributed by atoms with van der Waals surface area (Å²) in [6.07, 6.45) is 0.942. The minimum Gasteiger partial charge on any atom is -0.311 e. The number of thiophene rings is 1. The third kappa shape index (κ3) is 2.83. The van der Waals surface area contributed by atoms with Crippen LogP contribution in [0.4, 0.5) is 0 Å². The van der Waals surface area contributed by atoms with E-state index in [2.05, 4.69) is 21.7 Å². The molecule has 0 amide bonds. The van der Waals surface area contributed by atoms with Crippen LogP contribution in [0.5, 0.6) is 0 Å². The molecule has 0 saturated heterocycles. The summed E-state index contributed by atoms with van der Waals surface area (Å²) in [5.41, 5.74) is 1.12. The fourth-order valence-corrected chi connectivity index (χ4v) is 3.36. The van der Waals surface area contributed by atoms with E-state index in [0.29, 0.717) is 0 Å². The van der Waals surface area contributed by atoms with Crippen LogP contribution in [0.15, 0.2) is 17.5 Å². The van der Waals surface area contributed by atoms with Gasteiger partial charge in [0.15, 0.2) is 0 Å². The monoisotopic (exact) mass is 272 g/mol. The van der Waals surface area contributed by atoms with Crippen LogP contribution in [0.2, 0.25) is 4.34 Å². The lowest BCUT2D eigenvalue weighted by Gasteiger charge is -2.12. The Kier molecular flexibility index (Phi) is 3.97. The number of nitrogens with zero attached hydrogens (tertiary/aromatic N) is 1. The van der Waals surface area contributed by atoms with Crippen molar-refractivity contribution in [3.63, 3.8) is 0 Å². The maximum atomic E-state index is 5.92. The normalized spacial score (nSPS) is 12.9. The molecule has 0 spiro atoms. The molecule has 5 heteroatoms. The lowest BCUT2D eigenvalue weighted by Crippen LogP contribution is -2.18. The van der Waals surface area contributed by atoms with Gasteiger partial charge >= 0.3 is 0 Å². The second-order valence-corrected chi connectivity index (χ2v) is 6.40. The third-order valence-corrected chi connectivity index (χ3v) is 4.42. The molecule has 86 valence electrons. The molecule has 16 heavy (non-hydrogen) atoms. The van der Waals surface area contributed by atoms with Crippen LogP contribution in [-0.2, 0) is 6.42 Å². The number of aromatic nitrogens is 1. The molecule has 2 heterocycles. The number of nitrogens with one attached hydrogen (secondary N) is 1. The first-order valence-electron chi connectivity index (χ1n) is 5.02. The Morgan fingerprint density at radius 2 is 2.31 bits per heavy atom. The summed E-state index contributed by atoms with van der Waals surface area (Å²) < 4.78 is 0.847. The van der Waals surface area contributed by atoms with Gasteiger partial charge in [-0.25, -0.2) is 4.98 Å². The number of aryl methyl sites for hydroxylation is 1. The zero-order valence-corrected chi connectivity index (χ0v) is 11.5. The highest BCUT2D eigenvalue weighted by atomic mass is 35.5. The maximum absolute atomic E-state index is 5.92. The van der Waals surface area contributed by atoms with Crippen LogP contribution in [0.1, 0.15) is 21.6 Å². The fraction of sp³-hybridized carbons (Fsp3) is 0.364. The van der Waals surface area contributed by atoms with Gasteiger partial charge in [-0.2, -0.15) is 0 Å². The summed E-state index contributed by atoms with van der Waals surface area (Å²) in [6.45, 7) is 2.03. The van der Waals surface area contributed by atoms with E-state index in [4.69, 9.17) is 11.6 Å². The number of halogens is 1. The van der Waals surface area contributed by atoms with Gasteiger partial charge in [-0.05, 0) is 26.1 Å². The Morgan fingerprint density at radius 1 is 1.50 bits per heavy atom. The van der Waals surface area contributed by atoms with E-state index in [-0.39, 0.29) is 6.04 Å².